The zero-order chi connectivity index (χ0) is 23.0. The number of thiophene rings is 1. The molecular weight excluding hydrogens is 430 g/mol. The summed E-state index contributed by atoms with van der Waals surface area (Å²) in [6.07, 6.45) is 0.158. The van der Waals surface area contributed by atoms with E-state index in [0.29, 0.717) is 28.5 Å². The number of carbonyl (C=O) groups is 2. The molecule has 32 heavy (non-hydrogen) atoms. The van der Waals surface area contributed by atoms with Gasteiger partial charge >= 0.3 is 5.97 Å². The van der Waals surface area contributed by atoms with Crippen molar-refractivity contribution in [2.45, 2.75) is 19.3 Å². The number of carboxylic acids is 1. The Balaban J connectivity index is 1.95. The van der Waals surface area contributed by atoms with Gasteiger partial charge in [-0.25, -0.2) is 4.79 Å². The number of ether oxygens (including phenoxy) is 3. The number of anilines is 1. The summed E-state index contributed by atoms with van der Waals surface area (Å²) < 4.78 is 16.4. The Morgan fingerprint density at radius 2 is 1.66 bits per heavy atom. The number of rotatable bonds is 6. The molecule has 0 bridgehead atoms. The normalized spacial score (nSPS) is 15.0. The molecular formula is C24H23NO6S. The molecule has 0 saturated heterocycles. The molecule has 0 aliphatic carbocycles. The summed E-state index contributed by atoms with van der Waals surface area (Å²) in [5, 5.41) is 12.9. The van der Waals surface area contributed by atoms with E-state index in [1.807, 2.05) is 31.2 Å². The minimum atomic E-state index is -1.03. The predicted octanol–water partition coefficient (Wildman–Crippen LogP) is 4.92. The van der Waals surface area contributed by atoms with E-state index in [4.69, 9.17) is 14.2 Å². The number of methoxy groups -OCH3 is 3. The Morgan fingerprint density at radius 1 is 1.03 bits per heavy atom. The molecule has 1 aliphatic rings. The van der Waals surface area contributed by atoms with Crippen molar-refractivity contribution in [3.63, 3.8) is 0 Å². The zero-order valence-corrected chi connectivity index (χ0v) is 19.0. The lowest BCUT2D eigenvalue weighted by molar-refractivity contribution is -0.116. The van der Waals surface area contributed by atoms with E-state index in [2.05, 4.69) is 5.32 Å². The lowest BCUT2D eigenvalue weighted by Gasteiger charge is -2.26. The van der Waals surface area contributed by atoms with Gasteiger partial charge in [-0.3, -0.25) is 4.79 Å². The van der Waals surface area contributed by atoms with Crippen molar-refractivity contribution in [1.29, 1.82) is 0 Å². The van der Waals surface area contributed by atoms with Crippen LogP contribution in [0.2, 0.25) is 0 Å². The fourth-order valence-electron chi connectivity index (χ4n) is 4.01. The van der Waals surface area contributed by atoms with Crippen molar-refractivity contribution in [2.75, 3.05) is 26.6 Å². The monoisotopic (exact) mass is 453 g/mol. The van der Waals surface area contributed by atoms with E-state index in [-0.39, 0.29) is 17.2 Å². The van der Waals surface area contributed by atoms with Crippen molar-refractivity contribution in [2.24, 2.45) is 0 Å². The number of carboxylic acid groups (broad SMARTS) is 1. The van der Waals surface area contributed by atoms with Gasteiger partial charge in [-0.05, 0) is 18.6 Å². The van der Waals surface area contributed by atoms with Gasteiger partial charge in [0.05, 0.1) is 27.0 Å². The molecule has 0 spiro atoms. The summed E-state index contributed by atoms with van der Waals surface area (Å²) in [5.41, 5.74) is 3.59. The maximum Gasteiger partial charge on any atom is 0.346 e. The number of hydrogen-bond acceptors (Lipinski definition) is 6. The average molecular weight is 454 g/mol. The van der Waals surface area contributed by atoms with E-state index in [9.17, 15) is 14.7 Å². The van der Waals surface area contributed by atoms with Crippen molar-refractivity contribution in [3.05, 3.63) is 57.3 Å². The second-order valence-corrected chi connectivity index (χ2v) is 8.52. The van der Waals surface area contributed by atoms with Gasteiger partial charge in [-0.15, -0.1) is 11.3 Å². The number of aryl methyl sites for hydroxylation is 1. The van der Waals surface area contributed by atoms with Crippen LogP contribution in [0.3, 0.4) is 0 Å². The molecule has 0 unspecified atom stereocenters. The van der Waals surface area contributed by atoms with Gasteiger partial charge in [0.25, 0.3) is 0 Å². The molecule has 0 fully saturated rings. The number of hydrogen-bond donors (Lipinski definition) is 2. The SMILES string of the molecule is COc1cc(OC)c([C@H]2CC(=O)Nc3c2sc(C(=O)O)c3-c2ccc(C)cc2)cc1OC. The molecule has 2 aromatic carbocycles. The highest BCUT2D eigenvalue weighted by atomic mass is 32.1. The quantitative estimate of drug-likeness (QED) is 0.550. The minimum absolute atomic E-state index is 0.158. The smallest absolute Gasteiger partial charge is 0.346 e. The molecule has 1 aromatic heterocycles. The molecule has 1 atom stereocenters. The molecule has 8 heteroatoms. The first-order valence-electron chi connectivity index (χ1n) is 9.94. The zero-order valence-electron chi connectivity index (χ0n) is 18.1. The van der Waals surface area contributed by atoms with Gasteiger partial charge in [0.2, 0.25) is 5.91 Å². The Labute approximate surface area is 189 Å². The number of nitrogens with one attached hydrogen (secondary N) is 1. The van der Waals surface area contributed by atoms with E-state index >= 15 is 0 Å². The van der Waals surface area contributed by atoms with Gasteiger partial charge in [0.1, 0.15) is 10.6 Å². The Morgan fingerprint density at radius 3 is 2.25 bits per heavy atom. The lowest BCUT2D eigenvalue weighted by Crippen LogP contribution is -2.23. The predicted molar refractivity (Wildman–Crippen MR) is 123 cm³/mol. The Hall–Kier alpha value is -3.52. The molecule has 166 valence electrons. The highest BCUT2D eigenvalue weighted by molar-refractivity contribution is 7.15. The fraction of sp³-hybridized carbons (Fsp3) is 0.250. The summed E-state index contributed by atoms with van der Waals surface area (Å²) in [7, 11) is 4.62. The molecule has 0 radical (unpaired) electrons. The first-order chi connectivity index (χ1) is 15.4. The van der Waals surface area contributed by atoms with E-state index < -0.39 is 11.9 Å². The van der Waals surface area contributed by atoms with Crippen LogP contribution in [0.1, 0.15) is 38.0 Å². The van der Waals surface area contributed by atoms with Crippen LogP contribution in [-0.2, 0) is 4.79 Å². The van der Waals surface area contributed by atoms with Gasteiger partial charge < -0.3 is 24.6 Å². The lowest BCUT2D eigenvalue weighted by atomic mass is 9.87. The van der Waals surface area contributed by atoms with Crippen LogP contribution in [0, 0.1) is 6.92 Å². The van der Waals surface area contributed by atoms with Crippen molar-refractivity contribution < 1.29 is 28.9 Å². The van der Waals surface area contributed by atoms with Crippen LogP contribution in [0.5, 0.6) is 17.2 Å². The average Bonchev–Trinajstić information content (AvgIpc) is 3.17. The van der Waals surface area contributed by atoms with Crippen molar-refractivity contribution in [1.82, 2.24) is 0 Å². The van der Waals surface area contributed by atoms with Crippen molar-refractivity contribution in [3.8, 4) is 28.4 Å². The third-order valence-electron chi connectivity index (χ3n) is 5.55. The third kappa shape index (κ3) is 3.67. The number of amides is 1. The Bertz CT molecular complexity index is 1200. The van der Waals surface area contributed by atoms with Crippen LogP contribution >= 0.6 is 11.3 Å². The largest absolute Gasteiger partial charge is 0.496 e. The van der Waals surface area contributed by atoms with Crippen LogP contribution in [0.15, 0.2) is 36.4 Å². The second kappa shape index (κ2) is 8.55. The minimum Gasteiger partial charge on any atom is -0.496 e. The standard InChI is InChI=1S/C24H23NO6S/c1-12-5-7-13(8-6-12)20-21-22(32-23(20)24(27)28)15(10-19(26)25-21)14-9-17(30-3)18(31-4)11-16(14)29-2/h5-9,11,15H,10H2,1-4H3,(H,25,26)(H,27,28)/t15-/m1/s1. The second-order valence-electron chi connectivity index (χ2n) is 7.47. The van der Waals surface area contributed by atoms with Gasteiger partial charge in [0, 0.05) is 34.4 Å². The summed E-state index contributed by atoms with van der Waals surface area (Å²) in [4.78, 5) is 25.9. The first-order valence-corrected chi connectivity index (χ1v) is 10.8. The number of benzene rings is 2. The molecule has 0 saturated carbocycles. The third-order valence-corrected chi connectivity index (χ3v) is 6.84. The van der Waals surface area contributed by atoms with Crippen LogP contribution in [0.25, 0.3) is 11.1 Å². The van der Waals surface area contributed by atoms with Crippen LogP contribution < -0.4 is 19.5 Å². The molecule has 1 aliphatic heterocycles. The van der Waals surface area contributed by atoms with Crippen molar-refractivity contribution >= 4 is 28.9 Å². The number of carbonyl (C=O) groups excluding carboxylic acids is 1. The molecule has 3 aromatic rings. The molecule has 2 N–H and O–H groups in total. The van der Waals surface area contributed by atoms with E-state index in [1.165, 1.54) is 25.6 Å². The number of fused-ring (bicyclic) bond motifs is 1. The molecule has 7 nitrogen and oxygen atoms in total. The summed E-state index contributed by atoms with van der Waals surface area (Å²) in [6, 6.07) is 11.1. The summed E-state index contributed by atoms with van der Waals surface area (Å²) in [6.45, 7) is 1.96. The Kier molecular flexibility index (Phi) is 5.80. The van der Waals surface area contributed by atoms with Gasteiger partial charge in [-0.1, -0.05) is 29.8 Å². The van der Waals surface area contributed by atoms with Crippen LogP contribution in [-0.4, -0.2) is 38.3 Å². The molecule has 1 amide bonds. The highest BCUT2D eigenvalue weighted by Gasteiger charge is 2.36. The number of aromatic carboxylic acids is 1. The topological polar surface area (TPSA) is 94.1 Å². The van der Waals surface area contributed by atoms with E-state index in [0.717, 1.165) is 21.6 Å². The van der Waals surface area contributed by atoms with Gasteiger partial charge in [-0.2, -0.15) is 0 Å². The van der Waals surface area contributed by atoms with Gasteiger partial charge in [0.15, 0.2) is 11.5 Å². The van der Waals surface area contributed by atoms with E-state index in [1.54, 1.807) is 19.2 Å². The summed E-state index contributed by atoms with van der Waals surface area (Å²) >= 11 is 1.17. The maximum atomic E-state index is 12.8. The highest BCUT2D eigenvalue weighted by Crippen LogP contribution is 2.52. The molecule has 4 rings (SSSR count). The maximum absolute atomic E-state index is 12.8. The molecule has 2 heterocycles. The van der Waals surface area contributed by atoms with Crippen LogP contribution in [0.4, 0.5) is 5.69 Å². The summed E-state index contributed by atoms with van der Waals surface area (Å²) in [5.74, 6) is -0.0723. The fourth-order valence-corrected chi connectivity index (χ4v) is 5.25. The first kappa shape index (κ1) is 21.7.